The zero-order valence-electron chi connectivity index (χ0n) is 20.8. The highest BCUT2D eigenvalue weighted by Gasteiger charge is 2.24. The fraction of sp³-hybridized carbons (Fsp3) is 0.379. The molecular formula is C29H36BrN5. The predicted octanol–water partition coefficient (Wildman–Crippen LogP) is 6.97. The van der Waals surface area contributed by atoms with Crippen molar-refractivity contribution in [2.45, 2.75) is 44.9 Å². The van der Waals surface area contributed by atoms with Crippen molar-refractivity contribution in [3.8, 4) is 0 Å². The summed E-state index contributed by atoms with van der Waals surface area (Å²) < 4.78 is 2.80. The van der Waals surface area contributed by atoms with Crippen molar-refractivity contribution >= 4 is 27.4 Å². The van der Waals surface area contributed by atoms with Gasteiger partial charge in [-0.2, -0.15) is 9.61 Å². The van der Waals surface area contributed by atoms with Gasteiger partial charge in [-0.3, -0.25) is 0 Å². The van der Waals surface area contributed by atoms with Crippen LogP contribution in [0.2, 0.25) is 0 Å². The Morgan fingerprint density at radius 1 is 1.31 bits per heavy atom. The van der Waals surface area contributed by atoms with E-state index in [-0.39, 0.29) is 0 Å². The first kappa shape index (κ1) is 25.4. The summed E-state index contributed by atoms with van der Waals surface area (Å²) in [7, 11) is 0. The third kappa shape index (κ3) is 6.50. The Hall–Kier alpha value is -2.70. The quantitative estimate of drug-likeness (QED) is 0.286. The molecule has 4 rings (SSSR count). The molecule has 35 heavy (non-hydrogen) atoms. The molecule has 6 heteroatoms. The van der Waals surface area contributed by atoms with Crippen LogP contribution in [0.25, 0.3) is 5.65 Å². The van der Waals surface area contributed by atoms with Crippen LogP contribution < -0.4 is 5.32 Å². The maximum Gasteiger partial charge on any atom is 0.171 e. The number of hydrogen-bond donors (Lipinski definition) is 1. The third-order valence-corrected chi connectivity index (χ3v) is 7.42. The molecule has 184 valence electrons. The van der Waals surface area contributed by atoms with Gasteiger partial charge in [-0.05, 0) is 72.3 Å². The number of anilines is 1. The normalized spacial score (nSPS) is 18.3. The van der Waals surface area contributed by atoms with Crippen LogP contribution in [0.1, 0.15) is 56.2 Å². The molecule has 3 heterocycles. The second kappa shape index (κ2) is 12.3. The molecule has 1 N–H and O–H groups in total. The molecule has 1 saturated heterocycles. The van der Waals surface area contributed by atoms with E-state index in [1.165, 1.54) is 24.9 Å². The molecule has 1 fully saturated rings. The van der Waals surface area contributed by atoms with E-state index in [2.05, 4.69) is 87.2 Å². The molecule has 0 saturated carbocycles. The van der Waals surface area contributed by atoms with Crippen molar-refractivity contribution < 1.29 is 0 Å². The maximum absolute atomic E-state index is 5.03. The molecule has 1 aliphatic rings. The summed E-state index contributed by atoms with van der Waals surface area (Å²) in [6.07, 6.45) is 13.4. The molecule has 1 aliphatic heterocycles. The zero-order valence-corrected chi connectivity index (χ0v) is 22.4. The van der Waals surface area contributed by atoms with Gasteiger partial charge < -0.3 is 10.2 Å². The molecule has 5 nitrogen and oxygen atoms in total. The van der Waals surface area contributed by atoms with Crippen molar-refractivity contribution in [1.82, 2.24) is 19.5 Å². The lowest BCUT2D eigenvalue weighted by Crippen LogP contribution is -2.35. The third-order valence-electron chi connectivity index (χ3n) is 6.86. The predicted molar refractivity (Wildman–Crippen MR) is 150 cm³/mol. The van der Waals surface area contributed by atoms with Crippen LogP contribution >= 0.6 is 15.9 Å². The average Bonchev–Trinajstić information content (AvgIpc) is 3.28. The van der Waals surface area contributed by atoms with Gasteiger partial charge in [0.1, 0.15) is 5.82 Å². The van der Waals surface area contributed by atoms with Crippen LogP contribution in [0.4, 0.5) is 5.82 Å². The van der Waals surface area contributed by atoms with Crippen molar-refractivity contribution in [3.63, 3.8) is 0 Å². The number of nitrogens with zero attached hydrogens (tertiary/aromatic N) is 4. The first-order chi connectivity index (χ1) is 17.1. The number of piperidine rings is 1. The standard InChI is InChI=1S/C29H36BrN5/c1-4-6-11-23(5-2)19-31-28-18-27(33-29-26(30)20-32-35(28)29)25-14-10-16-34(21-25)17-15-22(3)24-12-8-7-9-13-24/h4-9,11-13,18,20,22,25,31H,2,10,14-17,19,21H2,1,3H3/b6-4-,23-11+. The second-order valence-electron chi connectivity index (χ2n) is 9.36. The number of likely N-dealkylation sites (tertiary alicyclic amines) is 1. The van der Waals surface area contributed by atoms with Crippen molar-refractivity contribution in [2.75, 3.05) is 31.5 Å². The van der Waals surface area contributed by atoms with Crippen LogP contribution in [0.3, 0.4) is 0 Å². The highest BCUT2D eigenvalue weighted by molar-refractivity contribution is 9.10. The SMILES string of the molecule is C=C/C(=C\C=C/C)CNc1cc(C2CCCN(CCC(C)c3ccccc3)C2)nc2c(Br)cnn12. The number of allylic oxidation sites excluding steroid dienone is 3. The average molecular weight is 535 g/mol. The van der Waals surface area contributed by atoms with Crippen LogP contribution in [-0.2, 0) is 0 Å². The minimum Gasteiger partial charge on any atom is -0.366 e. The minimum atomic E-state index is 0.417. The van der Waals surface area contributed by atoms with E-state index in [9.17, 15) is 0 Å². The van der Waals surface area contributed by atoms with Crippen LogP contribution in [0.15, 0.2) is 83.5 Å². The number of aromatic nitrogens is 3. The Bertz CT molecular complexity index is 1180. The molecule has 0 spiro atoms. The number of benzene rings is 1. The summed E-state index contributed by atoms with van der Waals surface area (Å²) >= 11 is 3.64. The summed E-state index contributed by atoms with van der Waals surface area (Å²) in [4.78, 5) is 7.65. The Morgan fingerprint density at radius 3 is 2.91 bits per heavy atom. The largest absolute Gasteiger partial charge is 0.366 e. The molecule has 0 bridgehead atoms. The van der Waals surface area contributed by atoms with Gasteiger partial charge in [-0.15, -0.1) is 0 Å². The van der Waals surface area contributed by atoms with Gasteiger partial charge in [0, 0.05) is 25.1 Å². The number of hydrogen-bond acceptors (Lipinski definition) is 4. The first-order valence-corrected chi connectivity index (χ1v) is 13.4. The second-order valence-corrected chi connectivity index (χ2v) is 10.2. The Balaban J connectivity index is 1.48. The summed E-state index contributed by atoms with van der Waals surface area (Å²) in [5, 5.41) is 8.10. The molecule has 0 amide bonds. The van der Waals surface area contributed by atoms with Crippen LogP contribution in [-0.4, -0.2) is 45.7 Å². The highest BCUT2D eigenvalue weighted by atomic mass is 79.9. The van der Waals surface area contributed by atoms with Crippen molar-refractivity contribution in [1.29, 1.82) is 0 Å². The molecule has 0 aliphatic carbocycles. The molecule has 3 aromatic rings. The molecule has 0 radical (unpaired) electrons. The van der Waals surface area contributed by atoms with Gasteiger partial charge in [-0.1, -0.05) is 68.1 Å². The zero-order chi connectivity index (χ0) is 24.6. The van der Waals surface area contributed by atoms with Gasteiger partial charge in [-0.25, -0.2) is 4.98 Å². The number of rotatable bonds is 10. The minimum absolute atomic E-state index is 0.417. The van der Waals surface area contributed by atoms with Crippen LogP contribution in [0, 0.1) is 0 Å². The lowest BCUT2D eigenvalue weighted by atomic mass is 9.93. The molecule has 2 aromatic heterocycles. The first-order valence-electron chi connectivity index (χ1n) is 12.6. The number of nitrogens with one attached hydrogen (secondary N) is 1. The Kier molecular flexibility index (Phi) is 8.94. The van der Waals surface area contributed by atoms with E-state index in [4.69, 9.17) is 4.98 Å². The topological polar surface area (TPSA) is 45.5 Å². The van der Waals surface area contributed by atoms with Crippen molar-refractivity contribution in [2.24, 2.45) is 0 Å². The molecule has 2 atom stereocenters. The monoisotopic (exact) mass is 533 g/mol. The van der Waals surface area contributed by atoms with E-state index in [1.54, 1.807) is 0 Å². The molecule has 2 unspecified atom stereocenters. The van der Waals surface area contributed by atoms with Crippen molar-refractivity contribution in [3.05, 3.63) is 94.8 Å². The van der Waals surface area contributed by atoms with E-state index < -0.39 is 0 Å². The fourth-order valence-electron chi connectivity index (χ4n) is 4.73. The summed E-state index contributed by atoms with van der Waals surface area (Å²) in [6, 6.07) is 13.0. The summed E-state index contributed by atoms with van der Waals surface area (Å²) in [5.41, 5.74) is 4.55. The van der Waals surface area contributed by atoms with Gasteiger partial charge >= 0.3 is 0 Å². The molecule has 1 aromatic carbocycles. The van der Waals surface area contributed by atoms with E-state index in [0.29, 0.717) is 18.4 Å². The van der Waals surface area contributed by atoms with Gasteiger partial charge in [0.15, 0.2) is 5.65 Å². The van der Waals surface area contributed by atoms with E-state index in [1.807, 2.05) is 35.9 Å². The fourth-order valence-corrected chi connectivity index (χ4v) is 5.07. The van der Waals surface area contributed by atoms with Gasteiger partial charge in [0.25, 0.3) is 0 Å². The lowest BCUT2D eigenvalue weighted by Gasteiger charge is -2.33. The van der Waals surface area contributed by atoms with Crippen LogP contribution in [0.5, 0.6) is 0 Å². The van der Waals surface area contributed by atoms with E-state index in [0.717, 1.165) is 46.7 Å². The van der Waals surface area contributed by atoms with Gasteiger partial charge in [0.2, 0.25) is 0 Å². The summed E-state index contributed by atoms with van der Waals surface area (Å²) in [6.45, 7) is 12.3. The Labute approximate surface area is 217 Å². The van der Waals surface area contributed by atoms with E-state index >= 15 is 0 Å². The molecular weight excluding hydrogens is 498 g/mol. The number of halogens is 1. The summed E-state index contributed by atoms with van der Waals surface area (Å²) in [5.74, 6) is 1.94. The Morgan fingerprint density at radius 2 is 2.14 bits per heavy atom. The van der Waals surface area contributed by atoms with Gasteiger partial charge in [0.05, 0.1) is 16.4 Å². The smallest absolute Gasteiger partial charge is 0.171 e. The highest BCUT2D eigenvalue weighted by Crippen LogP contribution is 2.30. The lowest BCUT2D eigenvalue weighted by molar-refractivity contribution is 0.200. The number of fused-ring (bicyclic) bond motifs is 1. The maximum atomic E-state index is 5.03.